The molecule has 4 amide bonds. The summed E-state index contributed by atoms with van der Waals surface area (Å²) in [6.45, 7) is 9.54. The number of rotatable bonds is 11. The number of likely N-dealkylation sites (N-methyl/N-ethyl adjacent to an activating group) is 1. The van der Waals surface area contributed by atoms with E-state index < -0.39 is 41.5 Å². The molecule has 0 bridgehead atoms. The van der Waals surface area contributed by atoms with Crippen LogP contribution >= 0.6 is 0 Å². The van der Waals surface area contributed by atoms with Crippen molar-refractivity contribution < 1.29 is 32.8 Å². The van der Waals surface area contributed by atoms with E-state index in [9.17, 15) is 19.2 Å². The van der Waals surface area contributed by atoms with Crippen molar-refractivity contribution in [2.75, 3.05) is 38.5 Å². The maximum Gasteiger partial charge on any atom is 0.276 e. The zero-order chi connectivity index (χ0) is 35.2. The van der Waals surface area contributed by atoms with Gasteiger partial charge in [-0.1, -0.05) is 50.0 Å². The molecule has 49 heavy (non-hydrogen) atoms. The minimum atomic E-state index is -1.06. The lowest BCUT2D eigenvalue weighted by molar-refractivity contribution is -0.135. The quantitative estimate of drug-likeness (QED) is 0.270. The van der Waals surface area contributed by atoms with E-state index >= 15 is 4.39 Å². The summed E-state index contributed by atoms with van der Waals surface area (Å²) in [6, 6.07) is 2.26. The molecule has 0 spiro atoms. The van der Waals surface area contributed by atoms with Crippen LogP contribution in [0.1, 0.15) is 90.3 Å². The zero-order valence-corrected chi connectivity index (χ0v) is 28.5. The van der Waals surface area contributed by atoms with Gasteiger partial charge in [-0.2, -0.15) is 0 Å². The number of aryl methyl sites for hydroxylation is 2. The van der Waals surface area contributed by atoms with Gasteiger partial charge in [0.05, 0.1) is 5.69 Å². The molecule has 5 rings (SSSR count). The molecule has 1 aliphatic heterocycles. The van der Waals surface area contributed by atoms with Crippen molar-refractivity contribution in [1.82, 2.24) is 41.1 Å². The van der Waals surface area contributed by atoms with Gasteiger partial charge in [0.25, 0.3) is 11.8 Å². The van der Waals surface area contributed by atoms with Crippen LogP contribution in [-0.4, -0.2) is 99.4 Å². The zero-order valence-electron chi connectivity index (χ0n) is 28.5. The Morgan fingerprint density at radius 1 is 0.939 bits per heavy atom. The number of piperazine rings is 1. The number of hydrogen-bond donors (Lipinski definition) is 3. The van der Waals surface area contributed by atoms with E-state index in [4.69, 9.17) is 4.63 Å². The second-order valence-electron chi connectivity index (χ2n) is 13.2. The van der Waals surface area contributed by atoms with Gasteiger partial charge in [0.2, 0.25) is 11.8 Å². The summed E-state index contributed by atoms with van der Waals surface area (Å²) in [4.78, 5) is 57.6. The predicted molar refractivity (Wildman–Crippen MR) is 174 cm³/mol. The SMILES string of the molecule is CCc1nonc1C(=O)N[C@H](C(=O)Nc1ccc([C@H](C)[C@@H](NC(=O)c2nonc2C)C(=O)N2CCN(C)CC2)cc1F)[C@H]1CC[C@H](C)CC1. The third-order valence-electron chi connectivity index (χ3n) is 9.72. The minimum Gasteiger partial charge on any atom is -0.338 e. The first-order valence-corrected chi connectivity index (χ1v) is 16.8. The summed E-state index contributed by atoms with van der Waals surface area (Å²) in [5.41, 5.74) is 0.942. The van der Waals surface area contributed by atoms with Crippen LogP contribution in [-0.2, 0) is 16.0 Å². The van der Waals surface area contributed by atoms with Crippen LogP contribution in [0.2, 0.25) is 0 Å². The highest BCUT2D eigenvalue weighted by Crippen LogP contribution is 2.32. The van der Waals surface area contributed by atoms with Crippen LogP contribution < -0.4 is 16.0 Å². The first-order chi connectivity index (χ1) is 23.5. The van der Waals surface area contributed by atoms with Gasteiger partial charge in [-0.3, -0.25) is 19.2 Å². The van der Waals surface area contributed by atoms with Crippen molar-refractivity contribution in [3.8, 4) is 0 Å². The molecule has 15 nitrogen and oxygen atoms in total. The standard InChI is InChI=1S/C33H44FN9O6/c1-6-24-29(41-49-39-24)32(46)37-28(21-9-7-18(2)8-10-21)31(45)35-25-12-11-22(17-23(25)34)19(3)26(33(47)43-15-13-42(5)14-16-43)36-30(44)27-20(4)38-48-40-27/h11-12,17-19,21,26,28H,6-10,13-16H2,1-5H3,(H,35,45)(H,36,44)(H,37,46)/t18-,19-,21-,26+,28-/m0/s1. The molecular formula is C33H44FN9O6. The van der Waals surface area contributed by atoms with Crippen LogP contribution in [0.15, 0.2) is 27.5 Å². The van der Waals surface area contributed by atoms with Gasteiger partial charge < -0.3 is 25.8 Å². The maximum absolute atomic E-state index is 15.8. The highest BCUT2D eigenvalue weighted by atomic mass is 19.1. The molecule has 1 aliphatic carbocycles. The van der Waals surface area contributed by atoms with Crippen molar-refractivity contribution in [2.24, 2.45) is 11.8 Å². The van der Waals surface area contributed by atoms with Crippen molar-refractivity contribution in [1.29, 1.82) is 0 Å². The fourth-order valence-corrected chi connectivity index (χ4v) is 6.43. The highest BCUT2D eigenvalue weighted by Gasteiger charge is 2.36. The number of benzene rings is 1. The van der Waals surface area contributed by atoms with E-state index in [1.165, 1.54) is 12.1 Å². The van der Waals surface area contributed by atoms with Gasteiger partial charge in [-0.05, 0) is 73.1 Å². The third-order valence-corrected chi connectivity index (χ3v) is 9.72. The monoisotopic (exact) mass is 681 g/mol. The maximum atomic E-state index is 15.8. The fourth-order valence-electron chi connectivity index (χ4n) is 6.43. The molecule has 2 aromatic heterocycles. The second kappa shape index (κ2) is 15.7. The lowest BCUT2D eigenvalue weighted by Crippen LogP contribution is -2.55. The summed E-state index contributed by atoms with van der Waals surface area (Å²) >= 11 is 0. The van der Waals surface area contributed by atoms with Gasteiger partial charge in [0, 0.05) is 32.1 Å². The third kappa shape index (κ3) is 8.29. The molecule has 3 atom stereocenters. The second-order valence-corrected chi connectivity index (χ2v) is 13.2. The smallest absolute Gasteiger partial charge is 0.276 e. The van der Waals surface area contributed by atoms with Crippen LogP contribution in [0.4, 0.5) is 10.1 Å². The van der Waals surface area contributed by atoms with E-state index in [1.807, 2.05) is 14.0 Å². The van der Waals surface area contributed by atoms with Crippen LogP contribution in [0, 0.1) is 24.6 Å². The Morgan fingerprint density at radius 2 is 1.59 bits per heavy atom. The Morgan fingerprint density at radius 3 is 2.22 bits per heavy atom. The molecule has 1 saturated heterocycles. The van der Waals surface area contributed by atoms with Gasteiger partial charge in [-0.15, -0.1) is 0 Å². The number of anilines is 1. The molecule has 2 fully saturated rings. The lowest BCUT2D eigenvalue weighted by Gasteiger charge is -2.36. The average molecular weight is 682 g/mol. The van der Waals surface area contributed by atoms with Crippen molar-refractivity contribution in [3.63, 3.8) is 0 Å². The number of nitrogens with zero attached hydrogens (tertiary/aromatic N) is 6. The fraction of sp³-hybridized carbons (Fsp3) is 0.576. The largest absolute Gasteiger partial charge is 0.338 e. The van der Waals surface area contributed by atoms with Crippen molar-refractivity contribution >= 4 is 29.3 Å². The topological polar surface area (TPSA) is 189 Å². The molecule has 1 saturated carbocycles. The Hall–Kier alpha value is -4.73. The molecule has 3 aromatic rings. The summed E-state index contributed by atoms with van der Waals surface area (Å²) in [5.74, 6) is -3.16. The molecule has 264 valence electrons. The van der Waals surface area contributed by atoms with Crippen LogP contribution in [0.5, 0.6) is 0 Å². The molecular weight excluding hydrogens is 637 g/mol. The molecule has 3 N–H and O–H groups in total. The van der Waals surface area contributed by atoms with Gasteiger partial charge in [0.15, 0.2) is 11.4 Å². The van der Waals surface area contributed by atoms with Gasteiger partial charge >= 0.3 is 0 Å². The van der Waals surface area contributed by atoms with E-state index in [0.717, 1.165) is 12.8 Å². The van der Waals surface area contributed by atoms with E-state index in [2.05, 4.69) is 53.0 Å². The number of carbonyl (C=O) groups is 4. The van der Waals surface area contributed by atoms with Crippen molar-refractivity contribution in [2.45, 2.75) is 77.8 Å². The highest BCUT2D eigenvalue weighted by molar-refractivity contribution is 6.01. The average Bonchev–Trinajstić information content (AvgIpc) is 3.76. The molecule has 0 unspecified atom stereocenters. The van der Waals surface area contributed by atoms with E-state index in [1.54, 1.807) is 24.8 Å². The summed E-state index contributed by atoms with van der Waals surface area (Å²) in [7, 11) is 1.97. The Kier molecular flexibility index (Phi) is 11.4. The van der Waals surface area contributed by atoms with Crippen molar-refractivity contribution in [3.05, 3.63) is 52.4 Å². The Balaban J connectivity index is 1.35. The first-order valence-electron chi connectivity index (χ1n) is 16.8. The predicted octanol–water partition coefficient (Wildman–Crippen LogP) is 2.70. The van der Waals surface area contributed by atoms with Gasteiger partial charge in [-0.25, -0.2) is 13.6 Å². The molecule has 0 radical (unpaired) electrons. The number of aromatic nitrogens is 4. The number of halogens is 1. The summed E-state index contributed by atoms with van der Waals surface area (Å²) in [6.07, 6.45) is 3.65. The Bertz CT molecular complexity index is 1640. The normalized spacial score (nSPS) is 20.2. The summed E-state index contributed by atoms with van der Waals surface area (Å²) < 4.78 is 25.2. The van der Waals surface area contributed by atoms with E-state index in [0.29, 0.717) is 62.6 Å². The Labute approximate surface area is 283 Å². The molecule has 1 aromatic carbocycles. The van der Waals surface area contributed by atoms with E-state index in [-0.39, 0.29) is 34.6 Å². The number of carbonyl (C=O) groups excluding carboxylic acids is 4. The molecule has 2 aliphatic rings. The number of hydrogen-bond acceptors (Lipinski definition) is 11. The van der Waals surface area contributed by atoms with Gasteiger partial charge in [0.1, 0.15) is 29.3 Å². The van der Waals surface area contributed by atoms with Crippen LogP contribution in [0.25, 0.3) is 0 Å². The minimum absolute atomic E-state index is 0.0109. The first kappa shape index (κ1) is 35.6. The summed E-state index contributed by atoms with van der Waals surface area (Å²) in [5, 5.41) is 23.0. The number of nitrogens with one attached hydrogen (secondary N) is 3. The molecule has 16 heteroatoms. The van der Waals surface area contributed by atoms with Crippen LogP contribution in [0.3, 0.4) is 0 Å². The number of amides is 4. The lowest BCUT2D eigenvalue weighted by atomic mass is 9.79. The molecule has 3 heterocycles.